The Balaban J connectivity index is 3.51. The van der Waals surface area contributed by atoms with Crippen LogP contribution in [0.4, 0.5) is 0 Å². The molecule has 0 aliphatic heterocycles. The standard InChI is InChI=1S/C89H150O5/c1-3-5-7-9-11-13-15-17-19-21-23-25-27-29-31-33-35-37-39-41-43-44-46-48-50-52-54-56-58-60-62-64-66-68-70-72-74-76-78-80-82-84-89(92)94-87(85-90)86-93-88(91)83-81-79-77-75-73-71-69-67-65-63-61-59-57-55-53-51-49-47-45-42-40-38-36-34-32-30-28-26-24-22-20-18-16-14-12-10-8-6-4-2/h5,7,11,13,16-19,22-25,29,31,35,37,41,43,46,48,52,54,58,60,64,66,87,90H,3-4,6,8-10,12,14-15,20-21,26-28,30,32-34,36,38-40,42,44-45,47,49-51,53,55-57,59,61-63,65,67-86H2,1-2H3/b7-5-,13-11-,18-16-,19-17-,24-22-,25-23-,31-29-,37-35-,43-41-,48-46-,54-52-,60-58-,66-64-. The van der Waals surface area contributed by atoms with Crippen LogP contribution in [0.3, 0.4) is 0 Å². The molecule has 94 heavy (non-hydrogen) atoms. The first-order valence-electron chi connectivity index (χ1n) is 40.0. The predicted molar refractivity (Wildman–Crippen MR) is 417 cm³/mol. The molecule has 0 fully saturated rings. The second-order valence-electron chi connectivity index (χ2n) is 26.4. The zero-order valence-corrected chi connectivity index (χ0v) is 61.7. The monoisotopic (exact) mass is 1300 g/mol. The van der Waals surface area contributed by atoms with E-state index >= 15 is 0 Å². The number of aliphatic hydroxyl groups is 1. The Kier molecular flexibility index (Phi) is 78.8. The number of carbonyl (C=O) groups is 2. The van der Waals surface area contributed by atoms with Gasteiger partial charge in [-0.05, 0) is 128 Å². The zero-order valence-electron chi connectivity index (χ0n) is 61.7. The van der Waals surface area contributed by atoms with Crippen LogP contribution >= 0.6 is 0 Å². The molecule has 0 aliphatic rings. The fourth-order valence-corrected chi connectivity index (χ4v) is 11.4. The highest BCUT2D eigenvalue weighted by atomic mass is 16.6. The van der Waals surface area contributed by atoms with E-state index in [0.29, 0.717) is 12.8 Å². The van der Waals surface area contributed by atoms with Crippen molar-refractivity contribution in [2.24, 2.45) is 0 Å². The van der Waals surface area contributed by atoms with E-state index in [1.165, 1.54) is 225 Å². The fraction of sp³-hybridized carbons (Fsp3) is 0.685. The van der Waals surface area contributed by atoms with Crippen LogP contribution in [0.2, 0.25) is 0 Å². The number of allylic oxidation sites excluding steroid dienone is 26. The van der Waals surface area contributed by atoms with Crippen molar-refractivity contribution in [2.45, 2.75) is 380 Å². The normalized spacial score (nSPS) is 13.1. The first kappa shape index (κ1) is 89.5. The van der Waals surface area contributed by atoms with Gasteiger partial charge >= 0.3 is 11.9 Å². The number of ether oxygens (including phenoxy) is 2. The molecule has 0 saturated carbocycles. The number of aliphatic hydroxyl groups excluding tert-OH is 1. The Labute approximate surface area is 583 Å². The number of hydrogen-bond acceptors (Lipinski definition) is 5. The molecule has 0 spiro atoms. The highest BCUT2D eigenvalue weighted by Crippen LogP contribution is 2.18. The molecule has 1 N–H and O–H groups in total. The third kappa shape index (κ3) is 80.0. The minimum atomic E-state index is -0.789. The van der Waals surface area contributed by atoms with Crippen molar-refractivity contribution in [1.29, 1.82) is 0 Å². The smallest absolute Gasteiger partial charge is 0.306 e. The van der Waals surface area contributed by atoms with Gasteiger partial charge in [-0.2, -0.15) is 0 Å². The van der Waals surface area contributed by atoms with Crippen molar-refractivity contribution in [2.75, 3.05) is 13.2 Å². The Morgan fingerprint density at radius 3 is 0.691 bits per heavy atom. The van der Waals surface area contributed by atoms with Gasteiger partial charge < -0.3 is 14.6 Å². The van der Waals surface area contributed by atoms with Crippen molar-refractivity contribution >= 4 is 11.9 Å². The topological polar surface area (TPSA) is 72.8 Å². The molecule has 1 atom stereocenters. The Bertz CT molecular complexity index is 1960. The summed E-state index contributed by atoms with van der Waals surface area (Å²) in [5, 5.41) is 9.73. The Morgan fingerprint density at radius 2 is 0.457 bits per heavy atom. The highest BCUT2D eigenvalue weighted by Gasteiger charge is 2.16. The molecule has 0 aromatic rings. The second kappa shape index (κ2) is 82.7. The molecule has 1 unspecified atom stereocenters. The van der Waals surface area contributed by atoms with Crippen LogP contribution in [-0.2, 0) is 19.1 Å². The number of carbonyl (C=O) groups excluding carboxylic acids is 2. The lowest BCUT2D eigenvalue weighted by Crippen LogP contribution is -2.28. The zero-order chi connectivity index (χ0) is 67.5. The summed E-state index contributed by atoms with van der Waals surface area (Å²) in [4.78, 5) is 24.7. The molecule has 0 saturated heterocycles. The molecule has 0 aliphatic carbocycles. The highest BCUT2D eigenvalue weighted by molar-refractivity contribution is 5.70. The molecule has 0 aromatic carbocycles. The molecule has 0 aromatic heterocycles. The van der Waals surface area contributed by atoms with Gasteiger partial charge in [0.05, 0.1) is 6.61 Å². The average Bonchev–Trinajstić information content (AvgIpc) is 3.77. The first-order chi connectivity index (χ1) is 46.6. The van der Waals surface area contributed by atoms with Crippen LogP contribution in [0.1, 0.15) is 373 Å². The van der Waals surface area contributed by atoms with Crippen LogP contribution < -0.4 is 0 Å². The lowest BCUT2D eigenvalue weighted by molar-refractivity contribution is -0.161. The summed E-state index contributed by atoms with van der Waals surface area (Å²) in [5.74, 6) is -0.597. The van der Waals surface area contributed by atoms with Gasteiger partial charge in [-0.3, -0.25) is 9.59 Å². The molecule has 0 bridgehead atoms. The number of rotatable bonds is 73. The maximum Gasteiger partial charge on any atom is 0.306 e. The molecule has 5 heteroatoms. The van der Waals surface area contributed by atoms with E-state index in [4.69, 9.17) is 9.47 Å². The van der Waals surface area contributed by atoms with E-state index in [2.05, 4.69) is 172 Å². The minimum Gasteiger partial charge on any atom is -0.462 e. The number of hydrogen-bond donors (Lipinski definition) is 1. The summed E-state index contributed by atoms with van der Waals surface area (Å²) in [6.07, 6.45) is 126. The van der Waals surface area contributed by atoms with E-state index in [1.807, 2.05) is 0 Å². The summed E-state index contributed by atoms with van der Waals surface area (Å²) in [6.45, 7) is 4.03. The van der Waals surface area contributed by atoms with Crippen LogP contribution in [0.15, 0.2) is 158 Å². The lowest BCUT2D eigenvalue weighted by Gasteiger charge is -2.15. The predicted octanol–water partition coefficient (Wildman–Crippen LogP) is 28.5. The van der Waals surface area contributed by atoms with E-state index < -0.39 is 6.10 Å². The van der Waals surface area contributed by atoms with Gasteiger partial charge in [-0.25, -0.2) is 0 Å². The fourth-order valence-electron chi connectivity index (χ4n) is 11.4. The third-order valence-electron chi connectivity index (χ3n) is 17.3. The largest absolute Gasteiger partial charge is 0.462 e. The summed E-state index contributed by atoms with van der Waals surface area (Å²) in [7, 11) is 0. The van der Waals surface area contributed by atoms with Crippen LogP contribution in [0, 0.1) is 0 Å². The van der Waals surface area contributed by atoms with Crippen molar-refractivity contribution in [3.63, 3.8) is 0 Å². The maximum atomic E-state index is 12.4. The summed E-state index contributed by atoms with van der Waals surface area (Å²) in [5.41, 5.74) is 0. The van der Waals surface area contributed by atoms with Gasteiger partial charge in [0.2, 0.25) is 0 Å². The van der Waals surface area contributed by atoms with Crippen LogP contribution in [0.25, 0.3) is 0 Å². The van der Waals surface area contributed by atoms with E-state index in [-0.39, 0.29) is 25.2 Å². The maximum absolute atomic E-state index is 12.4. The quantitative estimate of drug-likeness (QED) is 0.0373. The Morgan fingerprint density at radius 1 is 0.255 bits per heavy atom. The van der Waals surface area contributed by atoms with Gasteiger partial charge in [0, 0.05) is 12.8 Å². The van der Waals surface area contributed by atoms with Gasteiger partial charge in [-0.15, -0.1) is 0 Å². The molecule has 0 rings (SSSR count). The SMILES string of the molecule is CC/C=C\C/C=C\C/C=C\C/C=C\C/C=C\C/C=C\C/C=C\C/C=C\C/C=C\C/C=C\C/C=C\CCCCCCCCCC(=O)OC(CO)COC(=O)CCCCCCCCCCCCCCCCCCCCCCCCCCCCC/C=C\C/C=C\CCCCCCC. The van der Waals surface area contributed by atoms with Gasteiger partial charge in [0.15, 0.2) is 6.10 Å². The number of esters is 2. The van der Waals surface area contributed by atoms with Gasteiger partial charge in [-0.1, -0.05) is 390 Å². The van der Waals surface area contributed by atoms with E-state index in [0.717, 1.165) is 122 Å². The molecule has 0 amide bonds. The molecule has 536 valence electrons. The molecule has 0 radical (unpaired) electrons. The minimum absolute atomic E-state index is 0.0749. The van der Waals surface area contributed by atoms with Crippen LogP contribution in [0.5, 0.6) is 0 Å². The Hall–Kier alpha value is -4.48. The van der Waals surface area contributed by atoms with E-state index in [1.54, 1.807) is 0 Å². The first-order valence-corrected chi connectivity index (χ1v) is 40.0. The average molecular weight is 1300 g/mol. The van der Waals surface area contributed by atoms with E-state index in [9.17, 15) is 14.7 Å². The summed E-state index contributed by atoms with van der Waals surface area (Å²) in [6, 6.07) is 0. The molecule has 5 nitrogen and oxygen atoms in total. The van der Waals surface area contributed by atoms with Crippen LogP contribution in [-0.4, -0.2) is 36.4 Å². The van der Waals surface area contributed by atoms with Gasteiger partial charge in [0.1, 0.15) is 6.61 Å². The van der Waals surface area contributed by atoms with Gasteiger partial charge in [0.25, 0.3) is 0 Å². The molecular formula is C89H150O5. The molecule has 0 heterocycles. The third-order valence-corrected chi connectivity index (χ3v) is 17.3. The second-order valence-corrected chi connectivity index (χ2v) is 26.4. The lowest BCUT2D eigenvalue weighted by atomic mass is 10.0. The summed E-state index contributed by atoms with van der Waals surface area (Å²) < 4.78 is 10.8. The van der Waals surface area contributed by atoms with Crippen molar-refractivity contribution in [3.8, 4) is 0 Å². The summed E-state index contributed by atoms with van der Waals surface area (Å²) >= 11 is 0. The van der Waals surface area contributed by atoms with Crippen molar-refractivity contribution in [1.82, 2.24) is 0 Å². The number of unbranched alkanes of at least 4 members (excludes halogenated alkanes) is 39. The van der Waals surface area contributed by atoms with Crippen molar-refractivity contribution < 1.29 is 24.2 Å². The van der Waals surface area contributed by atoms with Crippen molar-refractivity contribution in [3.05, 3.63) is 158 Å². The molecular weight excluding hydrogens is 1150 g/mol.